The smallest absolute Gasteiger partial charge is 0.230 e. The summed E-state index contributed by atoms with van der Waals surface area (Å²) < 4.78 is 15.1. The number of halogens is 1. The van der Waals surface area contributed by atoms with Crippen molar-refractivity contribution in [3.63, 3.8) is 0 Å². The van der Waals surface area contributed by atoms with E-state index in [4.69, 9.17) is 0 Å². The maximum atomic E-state index is 13.2. The van der Waals surface area contributed by atoms with Crippen molar-refractivity contribution in [3.8, 4) is 17.1 Å². The number of nitrogens with zero attached hydrogens (tertiary/aromatic N) is 3. The van der Waals surface area contributed by atoms with Crippen molar-refractivity contribution in [3.05, 3.63) is 73.1 Å². The Hall–Kier alpha value is -2.93. The highest BCUT2D eigenvalue weighted by Gasteiger charge is 2.17. The molecule has 1 heterocycles. The number of nitrogens with one attached hydrogen (secondary N) is 1. The minimum atomic E-state index is -0.312. The number of benzene rings is 2. The van der Waals surface area contributed by atoms with Gasteiger partial charge < -0.3 is 5.32 Å². The summed E-state index contributed by atoms with van der Waals surface area (Å²) in [5.74, 6) is 0.376. The van der Waals surface area contributed by atoms with Crippen LogP contribution in [0.1, 0.15) is 0 Å². The minimum Gasteiger partial charge on any atom is -0.352 e. The summed E-state index contributed by atoms with van der Waals surface area (Å²) >= 11 is 1.29. The summed E-state index contributed by atoms with van der Waals surface area (Å²) in [6.45, 7) is 4.00. The molecule has 2 aromatic carbocycles. The zero-order valence-corrected chi connectivity index (χ0v) is 14.7. The average Bonchev–Trinajstić information content (AvgIpc) is 3.10. The molecular weight excluding hydrogens is 351 g/mol. The summed E-state index contributed by atoms with van der Waals surface area (Å²) in [4.78, 5) is 11.9. The van der Waals surface area contributed by atoms with E-state index in [9.17, 15) is 9.18 Å². The maximum absolute atomic E-state index is 13.2. The van der Waals surface area contributed by atoms with E-state index < -0.39 is 0 Å². The number of hydrogen-bond acceptors (Lipinski definition) is 4. The van der Waals surface area contributed by atoms with E-state index in [1.807, 2.05) is 34.9 Å². The number of aromatic nitrogens is 3. The van der Waals surface area contributed by atoms with Crippen LogP contribution in [0.25, 0.3) is 17.1 Å². The first-order valence-electron chi connectivity index (χ1n) is 7.96. The van der Waals surface area contributed by atoms with Gasteiger partial charge in [-0.05, 0) is 36.4 Å². The molecule has 0 saturated carbocycles. The number of para-hydroxylation sites is 1. The van der Waals surface area contributed by atoms with Gasteiger partial charge in [0.05, 0.1) is 5.75 Å². The summed E-state index contributed by atoms with van der Waals surface area (Å²) in [5, 5.41) is 11.8. The Morgan fingerprint density at radius 2 is 1.88 bits per heavy atom. The van der Waals surface area contributed by atoms with Crippen molar-refractivity contribution in [2.24, 2.45) is 0 Å². The third-order valence-electron chi connectivity index (χ3n) is 3.53. The van der Waals surface area contributed by atoms with Gasteiger partial charge in [-0.1, -0.05) is 36.0 Å². The predicted octanol–water partition coefficient (Wildman–Crippen LogP) is 3.47. The van der Waals surface area contributed by atoms with Crippen LogP contribution in [0.3, 0.4) is 0 Å². The Labute approximate surface area is 155 Å². The van der Waals surface area contributed by atoms with Crippen molar-refractivity contribution in [1.29, 1.82) is 0 Å². The molecule has 0 aliphatic rings. The molecule has 0 fully saturated rings. The monoisotopic (exact) mass is 368 g/mol. The van der Waals surface area contributed by atoms with Crippen LogP contribution in [0.5, 0.6) is 0 Å². The standard InChI is InChI=1S/C19H17FN4OS/c1-2-12-21-17(25)13-26-19-23-22-18(14-8-10-15(20)11-9-14)24(19)16-6-4-3-5-7-16/h2-11H,1,12-13H2,(H,21,25). The fourth-order valence-electron chi connectivity index (χ4n) is 2.33. The molecule has 3 aromatic rings. The van der Waals surface area contributed by atoms with Crippen LogP contribution in [-0.2, 0) is 4.79 Å². The second-order valence-corrected chi connectivity index (χ2v) is 6.31. The molecule has 0 radical (unpaired) electrons. The van der Waals surface area contributed by atoms with E-state index in [2.05, 4.69) is 22.1 Å². The van der Waals surface area contributed by atoms with E-state index in [0.29, 0.717) is 17.5 Å². The number of carbonyl (C=O) groups excluding carboxylic acids is 1. The molecule has 1 N–H and O–H groups in total. The second-order valence-electron chi connectivity index (χ2n) is 5.37. The lowest BCUT2D eigenvalue weighted by molar-refractivity contribution is -0.118. The molecule has 0 atom stereocenters. The number of amides is 1. The Balaban J connectivity index is 1.93. The van der Waals surface area contributed by atoms with E-state index in [1.54, 1.807) is 18.2 Å². The van der Waals surface area contributed by atoms with Gasteiger partial charge in [0.2, 0.25) is 5.91 Å². The summed E-state index contributed by atoms with van der Waals surface area (Å²) in [5.41, 5.74) is 1.61. The zero-order chi connectivity index (χ0) is 18.4. The molecular formula is C19H17FN4OS. The SMILES string of the molecule is C=CCNC(=O)CSc1nnc(-c2ccc(F)cc2)n1-c1ccccc1. The van der Waals surface area contributed by atoms with Gasteiger partial charge in [0.15, 0.2) is 11.0 Å². The van der Waals surface area contributed by atoms with Gasteiger partial charge in [0, 0.05) is 17.8 Å². The van der Waals surface area contributed by atoms with E-state index >= 15 is 0 Å². The lowest BCUT2D eigenvalue weighted by atomic mass is 10.2. The second kappa shape index (κ2) is 8.44. The lowest BCUT2D eigenvalue weighted by Gasteiger charge is -2.10. The highest BCUT2D eigenvalue weighted by molar-refractivity contribution is 7.99. The molecule has 0 aliphatic heterocycles. The zero-order valence-electron chi connectivity index (χ0n) is 13.9. The first-order chi connectivity index (χ1) is 12.7. The van der Waals surface area contributed by atoms with Gasteiger partial charge in [-0.3, -0.25) is 9.36 Å². The molecule has 7 heteroatoms. The number of carbonyl (C=O) groups is 1. The predicted molar refractivity (Wildman–Crippen MR) is 101 cm³/mol. The first-order valence-corrected chi connectivity index (χ1v) is 8.95. The van der Waals surface area contributed by atoms with Crippen LogP contribution < -0.4 is 5.32 Å². The minimum absolute atomic E-state index is 0.110. The number of thioether (sulfide) groups is 1. The quantitative estimate of drug-likeness (QED) is 0.512. The maximum Gasteiger partial charge on any atom is 0.230 e. The van der Waals surface area contributed by atoms with Gasteiger partial charge in [-0.2, -0.15) is 0 Å². The highest BCUT2D eigenvalue weighted by atomic mass is 32.2. The van der Waals surface area contributed by atoms with Crippen molar-refractivity contribution in [2.75, 3.05) is 12.3 Å². The van der Waals surface area contributed by atoms with Crippen molar-refractivity contribution >= 4 is 17.7 Å². The summed E-state index contributed by atoms with van der Waals surface area (Å²) in [6.07, 6.45) is 1.63. The first kappa shape index (κ1) is 17.9. The third kappa shape index (κ3) is 4.18. The molecule has 0 spiro atoms. The van der Waals surface area contributed by atoms with Gasteiger partial charge in [-0.25, -0.2) is 4.39 Å². The van der Waals surface area contributed by atoms with Crippen LogP contribution in [-0.4, -0.2) is 33.0 Å². The molecule has 5 nitrogen and oxygen atoms in total. The molecule has 1 aromatic heterocycles. The van der Waals surface area contributed by atoms with Crippen molar-refractivity contribution in [2.45, 2.75) is 5.16 Å². The Morgan fingerprint density at radius 1 is 1.15 bits per heavy atom. The molecule has 3 rings (SSSR count). The molecule has 26 heavy (non-hydrogen) atoms. The molecule has 132 valence electrons. The topological polar surface area (TPSA) is 59.8 Å². The average molecular weight is 368 g/mol. The number of rotatable bonds is 7. The van der Waals surface area contributed by atoms with E-state index in [-0.39, 0.29) is 17.5 Å². The number of hydrogen-bond donors (Lipinski definition) is 1. The third-order valence-corrected chi connectivity index (χ3v) is 4.46. The molecule has 0 saturated heterocycles. The molecule has 0 unspecified atom stereocenters. The van der Waals surface area contributed by atoms with Gasteiger partial charge in [-0.15, -0.1) is 16.8 Å². The van der Waals surface area contributed by atoms with Crippen molar-refractivity contribution < 1.29 is 9.18 Å². The van der Waals surface area contributed by atoms with Crippen LogP contribution >= 0.6 is 11.8 Å². The largest absolute Gasteiger partial charge is 0.352 e. The fraction of sp³-hybridized carbons (Fsp3) is 0.105. The van der Waals surface area contributed by atoms with E-state index in [1.165, 1.54) is 23.9 Å². The van der Waals surface area contributed by atoms with Crippen molar-refractivity contribution in [1.82, 2.24) is 20.1 Å². The van der Waals surface area contributed by atoms with Crippen LogP contribution in [0, 0.1) is 5.82 Å². The normalized spacial score (nSPS) is 10.5. The molecule has 1 amide bonds. The van der Waals surface area contributed by atoms with Gasteiger partial charge in [0.25, 0.3) is 0 Å². The summed E-state index contributed by atoms with van der Waals surface area (Å²) in [7, 11) is 0. The Kier molecular flexibility index (Phi) is 5.80. The lowest BCUT2D eigenvalue weighted by Crippen LogP contribution is -2.25. The van der Waals surface area contributed by atoms with E-state index in [0.717, 1.165) is 11.3 Å². The van der Waals surface area contributed by atoms with Gasteiger partial charge >= 0.3 is 0 Å². The van der Waals surface area contributed by atoms with Crippen LogP contribution in [0.4, 0.5) is 4.39 Å². The Bertz CT molecular complexity index is 894. The van der Waals surface area contributed by atoms with Gasteiger partial charge in [0.1, 0.15) is 5.82 Å². The van der Waals surface area contributed by atoms with Crippen LogP contribution in [0.15, 0.2) is 72.4 Å². The molecule has 0 aliphatic carbocycles. The highest BCUT2D eigenvalue weighted by Crippen LogP contribution is 2.27. The fourth-order valence-corrected chi connectivity index (χ4v) is 3.11. The summed E-state index contributed by atoms with van der Waals surface area (Å²) in [6, 6.07) is 15.7. The Morgan fingerprint density at radius 3 is 2.58 bits per heavy atom. The molecule has 0 bridgehead atoms. The van der Waals surface area contributed by atoms with Crippen LogP contribution in [0.2, 0.25) is 0 Å².